The average molecular weight is 331 g/mol. The van der Waals surface area contributed by atoms with Gasteiger partial charge in [-0.1, -0.05) is 77.9 Å². The van der Waals surface area contributed by atoms with E-state index in [0.717, 1.165) is 0 Å². The SMILES string of the molecule is Cc1ccc(-c2sc3ccccc3c2-c2ccc(C)cc2)cc1.N. The summed E-state index contributed by atoms with van der Waals surface area (Å²) in [5, 5.41) is 1.34. The van der Waals surface area contributed by atoms with Gasteiger partial charge in [-0.25, -0.2) is 0 Å². The summed E-state index contributed by atoms with van der Waals surface area (Å²) in [7, 11) is 0. The quantitative estimate of drug-likeness (QED) is 0.421. The molecular weight excluding hydrogens is 310 g/mol. The van der Waals surface area contributed by atoms with Gasteiger partial charge in [-0.15, -0.1) is 11.3 Å². The van der Waals surface area contributed by atoms with E-state index in [4.69, 9.17) is 0 Å². The fraction of sp³-hybridized carbons (Fsp3) is 0.0909. The van der Waals surface area contributed by atoms with Crippen molar-refractivity contribution in [1.29, 1.82) is 0 Å². The first-order chi connectivity index (χ1) is 11.2. The Hall–Kier alpha value is -2.42. The van der Waals surface area contributed by atoms with Crippen molar-refractivity contribution in [2.75, 3.05) is 0 Å². The molecule has 120 valence electrons. The van der Waals surface area contributed by atoms with E-state index in [1.807, 2.05) is 11.3 Å². The molecule has 0 aliphatic heterocycles. The zero-order chi connectivity index (χ0) is 15.8. The van der Waals surface area contributed by atoms with Crippen molar-refractivity contribution in [3.8, 4) is 21.6 Å². The molecular formula is C22H21NS. The third-order valence-corrected chi connectivity index (χ3v) is 5.47. The van der Waals surface area contributed by atoms with Gasteiger partial charge in [-0.05, 0) is 31.0 Å². The van der Waals surface area contributed by atoms with Crippen molar-refractivity contribution in [2.45, 2.75) is 13.8 Å². The molecule has 1 aromatic heterocycles. The Morgan fingerprint density at radius 3 is 1.79 bits per heavy atom. The first-order valence-electron chi connectivity index (χ1n) is 7.88. The van der Waals surface area contributed by atoms with E-state index in [2.05, 4.69) is 86.6 Å². The van der Waals surface area contributed by atoms with Crippen LogP contribution in [0.2, 0.25) is 0 Å². The van der Waals surface area contributed by atoms with Crippen LogP contribution in [0, 0.1) is 13.8 Å². The van der Waals surface area contributed by atoms with Crippen molar-refractivity contribution < 1.29 is 0 Å². The van der Waals surface area contributed by atoms with Gasteiger partial charge in [-0.2, -0.15) is 0 Å². The Bertz CT molecular complexity index is 963. The van der Waals surface area contributed by atoms with Gasteiger partial charge >= 0.3 is 0 Å². The molecule has 1 nitrogen and oxygen atoms in total. The highest BCUT2D eigenvalue weighted by molar-refractivity contribution is 7.23. The molecule has 0 radical (unpaired) electrons. The maximum atomic E-state index is 2.24. The van der Waals surface area contributed by atoms with Crippen LogP contribution >= 0.6 is 11.3 Å². The summed E-state index contributed by atoms with van der Waals surface area (Å²) in [6.07, 6.45) is 0. The summed E-state index contributed by atoms with van der Waals surface area (Å²) < 4.78 is 1.35. The molecule has 0 amide bonds. The van der Waals surface area contributed by atoms with Gasteiger partial charge in [0, 0.05) is 20.5 Å². The molecule has 3 N–H and O–H groups in total. The van der Waals surface area contributed by atoms with Crippen LogP contribution in [-0.2, 0) is 0 Å². The molecule has 0 unspecified atom stereocenters. The molecule has 1 heterocycles. The van der Waals surface area contributed by atoms with Crippen molar-refractivity contribution >= 4 is 21.4 Å². The summed E-state index contributed by atoms with van der Waals surface area (Å²) in [5.74, 6) is 0. The molecule has 0 aliphatic rings. The van der Waals surface area contributed by atoms with E-state index in [1.165, 1.54) is 42.8 Å². The predicted octanol–water partition coefficient (Wildman–Crippen LogP) is 7.01. The minimum absolute atomic E-state index is 0. The summed E-state index contributed by atoms with van der Waals surface area (Å²) in [6, 6.07) is 26.4. The number of rotatable bonds is 2. The Morgan fingerprint density at radius 2 is 1.17 bits per heavy atom. The Labute approximate surface area is 147 Å². The maximum Gasteiger partial charge on any atom is 0.0433 e. The van der Waals surface area contributed by atoms with E-state index >= 15 is 0 Å². The van der Waals surface area contributed by atoms with Gasteiger partial charge in [0.05, 0.1) is 0 Å². The molecule has 3 aromatic carbocycles. The van der Waals surface area contributed by atoms with Crippen molar-refractivity contribution in [2.24, 2.45) is 0 Å². The smallest absolute Gasteiger partial charge is 0.0433 e. The summed E-state index contributed by atoms with van der Waals surface area (Å²) in [5.41, 5.74) is 6.54. The van der Waals surface area contributed by atoms with Crippen molar-refractivity contribution in [3.05, 3.63) is 83.9 Å². The lowest BCUT2D eigenvalue weighted by molar-refractivity contribution is 1.47. The summed E-state index contributed by atoms with van der Waals surface area (Å²) >= 11 is 1.88. The minimum atomic E-state index is 0. The van der Waals surface area contributed by atoms with E-state index in [9.17, 15) is 0 Å². The zero-order valence-corrected chi connectivity index (χ0v) is 14.9. The predicted molar refractivity (Wildman–Crippen MR) is 107 cm³/mol. The van der Waals surface area contributed by atoms with E-state index in [1.54, 1.807) is 0 Å². The standard InChI is InChI=1S/C22H18S.H3N/c1-15-7-11-17(12-8-15)21-19-5-3-4-6-20(19)23-22(21)18-13-9-16(2)10-14-18;/h3-14H,1-2H3;1H3. The number of hydrogen-bond donors (Lipinski definition) is 1. The topological polar surface area (TPSA) is 35.0 Å². The number of benzene rings is 3. The van der Waals surface area contributed by atoms with Gasteiger partial charge in [0.2, 0.25) is 0 Å². The molecule has 4 aromatic rings. The van der Waals surface area contributed by atoms with Crippen LogP contribution in [0.15, 0.2) is 72.8 Å². The first kappa shape index (κ1) is 16.4. The summed E-state index contributed by atoms with van der Waals surface area (Å²) in [4.78, 5) is 1.36. The highest BCUT2D eigenvalue weighted by Crippen LogP contribution is 2.44. The molecule has 0 aliphatic carbocycles. The van der Waals surface area contributed by atoms with E-state index in [-0.39, 0.29) is 6.15 Å². The number of aryl methyl sites for hydroxylation is 2. The Kier molecular flexibility index (Phi) is 4.52. The third kappa shape index (κ3) is 2.86. The normalized spacial score (nSPS) is 10.6. The summed E-state index contributed by atoms with van der Waals surface area (Å²) in [6.45, 7) is 4.27. The third-order valence-electron chi connectivity index (χ3n) is 4.25. The monoisotopic (exact) mass is 331 g/mol. The fourth-order valence-electron chi connectivity index (χ4n) is 2.96. The second-order valence-corrected chi connectivity index (χ2v) is 7.09. The van der Waals surface area contributed by atoms with Gasteiger partial charge in [0.1, 0.15) is 0 Å². The molecule has 0 saturated carbocycles. The molecule has 0 fully saturated rings. The lowest BCUT2D eigenvalue weighted by Gasteiger charge is -2.07. The van der Waals surface area contributed by atoms with Crippen LogP contribution in [-0.4, -0.2) is 0 Å². The zero-order valence-electron chi connectivity index (χ0n) is 14.0. The second-order valence-electron chi connectivity index (χ2n) is 6.03. The van der Waals surface area contributed by atoms with Crippen LogP contribution in [0.4, 0.5) is 0 Å². The Balaban J connectivity index is 0.00000169. The number of thiophene rings is 1. The molecule has 0 spiro atoms. The van der Waals surface area contributed by atoms with Gasteiger partial charge < -0.3 is 6.15 Å². The van der Waals surface area contributed by atoms with Crippen LogP contribution in [0.25, 0.3) is 31.7 Å². The highest BCUT2D eigenvalue weighted by atomic mass is 32.1. The maximum absolute atomic E-state index is 2.24. The first-order valence-corrected chi connectivity index (χ1v) is 8.69. The van der Waals surface area contributed by atoms with Gasteiger partial charge in [-0.3, -0.25) is 0 Å². The Morgan fingerprint density at radius 1 is 0.625 bits per heavy atom. The number of fused-ring (bicyclic) bond motifs is 1. The van der Waals surface area contributed by atoms with Crippen LogP contribution in [0.3, 0.4) is 0 Å². The van der Waals surface area contributed by atoms with E-state index in [0.29, 0.717) is 0 Å². The lowest BCUT2D eigenvalue weighted by Crippen LogP contribution is -1.82. The largest absolute Gasteiger partial charge is 0.344 e. The lowest BCUT2D eigenvalue weighted by atomic mass is 9.98. The molecule has 4 rings (SSSR count). The fourth-order valence-corrected chi connectivity index (χ4v) is 4.19. The van der Waals surface area contributed by atoms with Crippen LogP contribution in [0.1, 0.15) is 11.1 Å². The number of hydrogen-bond acceptors (Lipinski definition) is 2. The second kappa shape index (κ2) is 6.60. The molecule has 0 atom stereocenters. The average Bonchev–Trinajstić information content (AvgIpc) is 2.96. The molecule has 24 heavy (non-hydrogen) atoms. The van der Waals surface area contributed by atoms with E-state index < -0.39 is 0 Å². The van der Waals surface area contributed by atoms with Crippen LogP contribution < -0.4 is 6.15 Å². The van der Waals surface area contributed by atoms with Crippen molar-refractivity contribution in [3.63, 3.8) is 0 Å². The molecule has 0 bridgehead atoms. The molecule has 0 saturated heterocycles. The minimum Gasteiger partial charge on any atom is -0.344 e. The van der Waals surface area contributed by atoms with Gasteiger partial charge in [0.15, 0.2) is 0 Å². The van der Waals surface area contributed by atoms with Crippen LogP contribution in [0.5, 0.6) is 0 Å². The van der Waals surface area contributed by atoms with Crippen molar-refractivity contribution in [1.82, 2.24) is 6.15 Å². The molecule has 2 heteroatoms. The highest BCUT2D eigenvalue weighted by Gasteiger charge is 2.15. The van der Waals surface area contributed by atoms with Gasteiger partial charge in [0.25, 0.3) is 0 Å².